The quantitative estimate of drug-likeness (QED) is 0.771. The predicted molar refractivity (Wildman–Crippen MR) is 57.4 cm³/mol. The Kier molecular flexibility index (Phi) is 4.12. The van der Waals surface area contributed by atoms with Gasteiger partial charge in [0.25, 0.3) is 0 Å². The van der Waals surface area contributed by atoms with Crippen LogP contribution in [-0.4, -0.2) is 18.4 Å². The van der Waals surface area contributed by atoms with Gasteiger partial charge in [-0.15, -0.1) is 0 Å². The van der Waals surface area contributed by atoms with Crippen molar-refractivity contribution in [3.63, 3.8) is 0 Å². The third-order valence-corrected chi connectivity index (χ3v) is 2.40. The molecular formula is C10H8Cl2O3. The summed E-state index contributed by atoms with van der Waals surface area (Å²) in [5.74, 6) is -0.890. The van der Waals surface area contributed by atoms with Crippen LogP contribution in [0.1, 0.15) is 17.3 Å². The lowest BCUT2D eigenvalue weighted by Crippen LogP contribution is -2.11. The van der Waals surface area contributed by atoms with Gasteiger partial charge in [0.05, 0.1) is 15.6 Å². The summed E-state index contributed by atoms with van der Waals surface area (Å²) in [4.78, 5) is 22.0. The molecule has 0 aliphatic rings. The molecule has 1 rings (SSSR count). The SMILES string of the molecule is CC(=O)COC(=O)c1cccc(Cl)c1Cl. The second-order valence-electron chi connectivity index (χ2n) is 2.88. The summed E-state index contributed by atoms with van der Waals surface area (Å²) in [7, 11) is 0. The molecule has 80 valence electrons. The highest BCUT2D eigenvalue weighted by Gasteiger charge is 2.14. The molecule has 0 unspecified atom stereocenters. The van der Waals surface area contributed by atoms with Crippen molar-refractivity contribution in [1.82, 2.24) is 0 Å². The summed E-state index contributed by atoms with van der Waals surface area (Å²) in [5.41, 5.74) is 0.158. The van der Waals surface area contributed by atoms with Crippen LogP contribution in [0.2, 0.25) is 10.0 Å². The van der Waals surface area contributed by atoms with Gasteiger partial charge in [0.2, 0.25) is 0 Å². The van der Waals surface area contributed by atoms with Crippen LogP contribution in [0, 0.1) is 0 Å². The van der Waals surface area contributed by atoms with Gasteiger partial charge in [-0.25, -0.2) is 4.79 Å². The number of esters is 1. The van der Waals surface area contributed by atoms with E-state index in [0.29, 0.717) is 0 Å². The molecule has 0 fully saturated rings. The maximum atomic E-state index is 11.4. The molecule has 1 aromatic carbocycles. The molecule has 0 aromatic heterocycles. The van der Waals surface area contributed by atoms with Crippen molar-refractivity contribution in [2.75, 3.05) is 6.61 Å². The van der Waals surface area contributed by atoms with E-state index in [4.69, 9.17) is 27.9 Å². The number of ether oxygens (including phenoxy) is 1. The van der Waals surface area contributed by atoms with E-state index in [2.05, 4.69) is 0 Å². The fourth-order valence-electron chi connectivity index (χ4n) is 0.906. The molecule has 0 saturated heterocycles. The van der Waals surface area contributed by atoms with Crippen molar-refractivity contribution in [3.05, 3.63) is 33.8 Å². The lowest BCUT2D eigenvalue weighted by Gasteiger charge is -2.05. The van der Waals surface area contributed by atoms with Gasteiger partial charge < -0.3 is 4.74 Å². The molecule has 3 nitrogen and oxygen atoms in total. The Bertz CT molecular complexity index is 402. The predicted octanol–water partition coefficient (Wildman–Crippen LogP) is 2.74. The molecule has 0 aliphatic carbocycles. The Hall–Kier alpha value is -1.06. The number of halogens is 2. The number of carbonyl (C=O) groups is 2. The van der Waals surface area contributed by atoms with E-state index in [1.54, 1.807) is 12.1 Å². The topological polar surface area (TPSA) is 43.4 Å². The highest BCUT2D eigenvalue weighted by atomic mass is 35.5. The van der Waals surface area contributed by atoms with E-state index in [-0.39, 0.29) is 28.0 Å². The zero-order valence-electron chi connectivity index (χ0n) is 7.92. The standard InChI is InChI=1S/C10H8Cl2O3/c1-6(13)5-15-10(14)7-3-2-4-8(11)9(7)12/h2-4H,5H2,1H3. The summed E-state index contributed by atoms with van der Waals surface area (Å²) >= 11 is 11.5. The van der Waals surface area contributed by atoms with Crippen LogP contribution in [0.25, 0.3) is 0 Å². The number of ketones is 1. The first-order chi connectivity index (χ1) is 7.02. The first-order valence-corrected chi connectivity index (χ1v) is 4.88. The second-order valence-corrected chi connectivity index (χ2v) is 3.66. The molecule has 0 heterocycles. The van der Waals surface area contributed by atoms with Crippen molar-refractivity contribution in [2.45, 2.75) is 6.92 Å². The molecule has 0 bridgehead atoms. The highest BCUT2D eigenvalue weighted by molar-refractivity contribution is 6.43. The number of carbonyl (C=O) groups excluding carboxylic acids is 2. The zero-order valence-corrected chi connectivity index (χ0v) is 9.43. The van der Waals surface area contributed by atoms with E-state index < -0.39 is 5.97 Å². The Balaban J connectivity index is 2.82. The summed E-state index contributed by atoms with van der Waals surface area (Å²) in [6.45, 7) is 1.06. The Morgan fingerprint density at radius 2 is 2.00 bits per heavy atom. The molecule has 15 heavy (non-hydrogen) atoms. The number of Topliss-reactive ketones (excluding diaryl/α,β-unsaturated/α-hetero) is 1. The molecular weight excluding hydrogens is 239 g/mol. The minimum Gasteiger partial charge on any atom is -0.454 e. The lowest BCUT2D eigenvalue weighted by molar-refractivity contribution is -0.120. The van der Waals surface area contributed by atoms with Gasteiger partial charge in [-0.05, 0) is 19.1 Å². The van der Waals surface area contributed by atoms with Crippen molar-refractivity contribution in [3.8, 4) is 0 Å². The van der Waals surface area contributed by atoms with E-state index in [1.165, 1.54) is 13.0 Å². The van der Waals surface area contributed by atoms with Crippen molar-refractivity contribution in [1.29, 1.82) is 0 Å². The first-order valence-electron chi connectivity index (χ1n) is 4.13. The monoisotopic (exact) mass is 246 g/mol. The fourth-order valence-corrected chi connectivity index (χ4v) is 1.28. The van der Waals surface area contributed by atoms with Crippen molar-refractivity contribution >= 4 is 35.0 Å². The lowest BCUT2D eigenvalue weighted by atomic mass is 10.2. The van der Waals surface area contributed by atoms with E-state index in [1.807, 2.05) is 0 Å². The molecule has 0 aliphatic heterocycles. The molecule has 0 N–H and O–H groups in total. The second kappa shape index (κ2) is 5.14. The van der Waals surface area contributed by atoms with Gasteiger partial charge in [-0.3, -0.25) is 4.79 Å². The average Bonchev–Trinajstić information content (AvgIpc) is 2.18. The van der Waals surface area contributed by atoms with Gasteiger partial charge >= 0.3 is 5.97 Å². The minimum absolute atomic E-state index is 0.132. The fraction of sp³-hybridized carbons (Fsp3) is 0.200. The average molecular weight is 247 g/mol. The van der Waals surface area contributed by atoms with Gasteiger partial charge in [0.15, 0.2) is 5.78 Å². The van der Waals surface area contributed by atoms with Gasteiger partial charge in [0.1, 0.15) is 6.61 Å². The van der Waals surface area contributed by atoms with Crippen molar-refractivity contribution < 1.29 is 14.3 Å². The molecule has 0 radical (unpaired) electrons. The minimum atomic E-state index is -0.655. The number of benzene rings is 1. The summed E-state index contributed by atoms with van der Waals surface area (Å²) in [5, 5.41) is 0.404. The molecule has 0 saturated carbocycles. The van der Waals surface area contributed by atoms with Gasteiger partial charge in [-0.1, -0.05) is 29.3 Å². The summed E-state index contributed by atoms with van der Waals surface area (Å²) in [6, 6.07) is 4.63. The summed E-state index contributed by atoms with van der Waals surface area (Å²) < 4.78 is 4.69. The Labute approximate surface area is 96.9 Å². The molecule has 1 aromatic rings. The first kappa shape index (κ1) is 12.0. The van der Waals surface area contributed by atoms with Crippen molar-refractivity contribution in [2.24, 2.45) is 0 Å². The highest BCUT2D eigenvalue weighted by Crippen LogP contribution is 2.25. The van der Waals surface area contributed by atoms with E-state index in [0.717, 1.165) is 0 Å². The van der Waals surface area contributed by atoms with Crippen LogP contribution in [-0.2, 0) is 9.53 Å². The Morgan fingerprint density at radius 3 is 2.60 bits per heavy atom. The van der Waals surface area contributed by atoms with Crippen LogP contribution < -0.4 is 0 Å². The third-order valence-electron chi connectivity index (χ3n) is 1.58. The van der Waals surface area contributed by atoms with Crippen LogP contribution >= 0.6 is 23.2 Å². The maximum absolute atomic E-state index is 11.4. The van der Waals surface area contributed by atoms with Gasteiger partial charge in [0, 0.05) is 0 Å². The normalized spacial score (nSPS) is 9.80. The van der Waals surface area contributed by atoms with Crippen LogP contribution in [0.5, 0.6) is 0 Å². The van der Waals surface area contributed by atoms with Gasteiger partial charge in [-0.2, -0.15) is 0 Å². The summed E-state index contributed by atoms with van der Waals surface area (Å²) in [6.07, 6.45) is 0. The van der Waals surface area contributed by atoms with Crippen LogP contribution in [0.3, 0.4) is 0 Å². The van der Waals surface area contributed by atoms with E-state index in [9.17, 15) is 9.59 Å². The smallest absolute Gasteiger partial charge is 0.340 e. The zero-order chi connectivity index (χ0) is 11.4. The number of hydrogen-bond donors (Lipinski definition) is 0. The molecule has 5 heteroatoms. The largest absolute Gasteiger partial charge is 0.454 e. The van der Waals surface area contributed by atoms with E-state index >= 15 is 0 Å². The maximum Gasteiger partial charge on any atom is 0.340 e. The number of hydrogen-bond acceptors (Lipinski definition) is 3. The third kappa shape index (κ3) is 3.22. The van der Waals surface area contributed by atoms with Crippen LogP contribution in [0.4, 0.5) is 0 Å². The molecule has 0 amide bonds. The Morgan fingerprint density at radius 1 is 1.33 bits per heavy atom. The molecule has 0 spiro atoms. The van der Waals surface area contributed by atoms with Crippen LogP contribution in [0.15, 0.2) is 18.2 Å². The number of rotatable bonds is 3. The molecule has 0 atom stereocenters.